The van der Waals surface area contributed by atoms with Crippen molar-refractivity contribution in [3.63, 3.8) is 0 Å². The predicted molar refractivity (Wildman–Crippen MR) is 105 cm³/mol. The monoisotopic (exact) mass is 392 g/mol. The molecule has 5 nitrogen and oxygen atoms in total. The number of amides is 2. The molecule has 0 radical (unpaired) electrons. The molecule has 1 aromatic heterocycles. The number of carbonyl (C=O) groups is 3. The fraction of sp³-hybridized carbons (Fsp3) is 0.316. The molecule has 0 aliphatic heterocycles. The normalized spacial score (nSPS) is 10.4. The van der Waals surface area contributed by atoms with Gasteiger partial charge in [-0.3, -0.25) is 14.4 Å². The molecule has 26 heavy (non-hydrogen) atoms. The van der Waals surface area contributed by atoms with E-state index in [1.54, 1.807) is 31.2 Å². The fourth-order valence-corrected chi connectivity index (χ4v) is 3.27. The Bertz CT molecular complexity index is 790. The Morgan fingerprint density at radius 1 is 1.19 bits per heavy atom. The van der Waals surface area contributed by atoms with Crippen LogP contribution in [0.3, 0.4) is 0 Å². The van der Waals surface area contributed by atoms with Gasteiger partial charge in [0, 0.05) is 30.1 Å². The van der Waals surface area contributed by atoms with Crippen LogP contribution in [-0.2, 0) is 9.59 Å². The highest BCUT2D eigenvalue weighted by Crippen LogP contribution is 2.20. The van der Waals surface area contributed by atoms with Gasteiger partial charge in [0.15, 0.2) is 5.78 Å². The Labute approximate surface area is 162 Å². The second-order valence-corrected chi connectivity index (χ2v) is 7.20. The van der Waals surface area contributed by atoms with Crippen LogP contribution in [0, 0.1) is 6.92 Å². The highest BCUT2D eigenvalue weighted by molar-refractivity contribution is 7.12. The van der Waals surface area contributed by atoms with E-state index in [2.05, 4.69) is 5.32 Å². The van der Waals surface area contributed by atoms with Gasteiger partial charge in [0.1, 0.15) is 0 Å². The molecule has 0 bridgehead atoms. The van der Waals surface area contributed by atoms with Crippen LogP contribution in [0.2, 0.25) is 5.02 Å². The highest BCUT2D eigenvalue weighted by atomic mass is 35.5. The standard InChI is InChI=1S/C19H21ClN2O3S/c1-3-22(19(25)9-8-16(23)17-5-4-10-26-17)12-18(24)21-15-11-14(20)7-6-13(15)2/h4-7,10-11H,3,8-9,12H2,1-2H3,(H,21,24). The topological polar surface area (TPSA) is 66.5 Å². The van der Waals surface area contributed by atoms with Gasteiger partial charge in [-0.05, 0) is 43.0 Å². The summed E-state index contributed by atoms with van der Waals surface area (Å²) < 4.78 is 0. The van der Waals surface area contributed by atoms with Crippen LogP contribution in [0.15, 0.2) is 35.7 Å². The van der Waals surface area contributed by atoms with Crippen LogP contribution in [0.4, 0.5) is 5.69 Å². The summed E-state index contributed by atoms with van der Waals surface area (Å²) in [5.74, 6) is -0.561. The summed E-state index contributed by atoms with van der Waals surface area (Å²) in [5, 5.41) is 5.13. The lowest BCUT2D eigenvalue weighted by Crippen LogP contribution is -2.38. The molecule has 0 aliphatic carbocycles. The maximum atomic E-state index is 12.3. The van der Waals surface area contributed by atoms with E-state index in [-0.39, 0.29) is 37.0 Å². The van der Waals surface area contributed by atoms with Crippen molar-refractivity contribution in [2.75, 3.05) is 18.4 Å². The summed E-state index contributed by atoms with van der Waals surface area (Å²) in [5.41, 5.74) is 1.51. The fourth-order valence-electron chi connectivity index (χ4n) is 2.41. The molecule has 0 atom stereocenters. The van der Waals surface area contributed by atoms with Crippen molar-refractivity contribution in [3.8, 4) is 0 Å². The Balaban J connectivity index is 1.88. The minimum atomic E-state index is -0.296. The Morgan fingerprint density at radius 2 is 1.96 bits per heavy atom. The van der Waals surface area contributed by atoms with Gasteiger partial charge >= 0.3 is 0 Å². The van der Waals surface area contributed by atoms with Gasteiger partial charge in [-0.2, -0.15) is 0 Å². The van der Waals surface area contributed by atoms with Gasteiger partial charge in [0.2, 0.25) is 11.8 Å². The SMILES string of the molecule is CCN(CC(=O)Nc1cc(Cl)ccc1C)C(=O)CCC(=O)c1cccs1. The molecule has 0 saturated carbocycles. The molecule has 2 amide bonds. The number of nitrogens with one attached hydrogen (secondary N) is 1. The summed E-state index contributed by atoms with van der Waals surface area (Å²) in [6.45, 7) is 4.00. The minimum Gasteiger partial charge on any atom is -0.334 e. The first kappa shape index (κ1) is 20.1. The largest absolute Gasteiger partial charge is 0.334 e. The zero-order valence-electron chi connectivity index (χ0n) is 14.8. The predicted octanol–water partition coefficient (Wildman–Crippen LogP) is 4.16. The number of ketones is 1. The molecule has 1 N–H and O–H groups in total. The van der Waals surface area contributed by atoms with Gasteiger partial charge in [0.25, 0.3) is 0 Å². The third kappa shape index (κ3) is 5.68. The minimum absolute atomic E-state index is 0.0524. The van der Waals surface area contributed by atoms with Crippen LogP contribution in [0.25, 0.3) is 0 Å². The molecule has 0 saturated heterocycles. The molecular formula is C19H21ClN2O3S. The molecule has 0 fully saturated rings. The smallest absolute Gasteiger partial charge is 0.244 e. The molecule has 0 aliphatic rings. The van der Waals surface area contributed by atoms with E-state index in [1.165, 1.54) is 16.2 Å². The van der Waals surface area contributed by atoms with E-state index in [9.17, 15) is 14.4 Å². The lowest BCUT2D eigenvalue weighted by Gasteiger charge is -2.20. The van der Waals surface area contributed by atoms with E-state index in [4.69, 9.17) is 11.6 Å². The average Bonchev–Trinajstić information content (AvgIpc) is 3.15. The number of hydrogen-bond donors (Lipinski definition) is 1. The quantitative estimate of drug-likeness (QED) is 0.686. The number of halogens is 1. The number of hydrogen-bond acceptors (Lipinski definition) is 4. The molecule has 0 unspecified atom stereocenters. The first-order valence-electron chi connectivity index (χ1n) is 8.31. The third-order valence-electron chi connectivity index (χ3n) is 3.90. The van der Waals surface area contributed by atoms with Crippen LogP contribution in [0.5, 0.6) is 0 Å². The van der Waals surface area contributed by atoms with Gasteiger partial charge in [0.05, 0.1) is 11.4 Å². The van der Waals surface area contributed by atoms with Crippen LogP contribution in [-0.4, -0.2) is 35.6 Å². The average molecular weight is 393 g/mol. The first-order valence-corrected chi connectivity index (χ1v) is 9.57. The van der Waals surface area contributed by atoms with Crippen LogP contribution in [0.1, 0.15) is 35.0 Å². The van der Waals surface area contributed by atoms with Crippen molar-refractivity contribution >= 4 is 46.2 Å². The second-order valence-electron chi connectivity index (χ2n) is 5.82. The molecule has 138 valence electrons. The Kier molecular flexibility index (Phi) is 7.36. The van der Waals surface area contributed by atoms with Gasteiger partial charge in [-0.15, -0.1) is 11.3 Å². The number of benzene rings is 1. The van der Waals surface area contributed by atoms with Gasteiger partial charge in [-0.1, -0.05) is 23.7 Å². The van der Waals surface area contributed by atoms with Crippen molar-refractivity contribution in [3.05, 3.63) is 51.2 Å². The summed E-state index contributed by atoms with van der Waals surface area (Å²) in [4.78, 5) is 38.7. The van der Waals surface area contributed by atoms with Crippen LogP contribution >= 0.6 is 22.9 Å². The van der Waals surface area contributed by atoms with E-state index in [0.717, 1.165) is 5.56 Å². The lowest BCUT2D eigenvalue weighted by molar-refractivity contribution is -0.134. The molecule has 2 rings (SSSR count). The maximum Gasteiger partial charge on any atom is 0.244 e. The summed E-state index contributed by atoms with van der Waals surface area (Å²) in [7, 11) is 0. The van der Waals surface area contributed by atoms with Crippen molar-refractivity contribution in [1.29, 1.82) is 0 Å². The third-order valence-corrected chi connectivity index (χ3v) is 5.05. The zero-order chi connectivity index (χ0) is 19.1. The van der Waals surface area contributed by atoms with Crippen molar-refractivity contribution in [2.24, 2.45) is 0 Å². The number of anilines is 1. The number of rotatable bonds is 8. The van der Waals surface area contributed by atoms with Crippen molar-refractivity contribution < 1.29 is 14.4 Å². The Hall–Kier alpha value is -2.18. The summed E-state index contributed by atoms with van der Waals surface area (Å²) in [6, 6.07) is 8.79. The lowest BCUT2D eigenvalue weighted by atomic mass is 10.1. The van der Waals surface area contributed by atoms with Crippen molar-refractivity contribution in [1.82, 2.24) is 4.90 Å². The molecule has 7 heteroatoms. The number of thiophene rings is 1. The molecule has 1 aromatic carbocycles. The van der Waals surface area contributed by atoms with E-state index in [1.807, 2.05) is 18.4 Å². The molecular weight excluding hydrogens is 372 g/mol. The zero-order valence-corrected chi connectivity index (χ0v) is 16.3. The Morgan fingerprint density at radius 3 is 2.62 bits per heavy atom. The summed E-state index contributed by atoms with van der Waals surface area (Å²) >= 11 is 7.31. The van der Waals surface area contributed by atoms with Crippen LogP contribution < -0.4 is 5.32 Å². The number of likely N-dealkylation sites (N-methyl/N-ethyl adjacent to an activating group) is 1. The molecule has 1 heterocycles. The van der Waals surface area contributed by atoms with Gasteiger partial charge < -0.3 is 10.2 Å². The second kappa shape index (κ2) is 9.50. The van der Waals surface area contributed by atoms with Gasteiger partial charge in [-0.25, -0.2) is 0 Å². The molecule has 2 aromatic rings. The molecule has 0 spiro atoms. The number of carbonyl (C=O) groups excluding carboxylic acids is 3. The maximum absolute atomic E-state index is 12.3. The number of Topliss-reactive ketones (excluding diaryl/α,β-unsaturated/α-hetero) is 1. The highest BCUT2D eigenvalue weighted by Gasteiger charge is 2.18. The van der Waals surface area contributed by atoms with E-state index < -0.39 is 0 Å². The van der Waals surface area contributed by atoms with E-state index in [0.29, 0.717) is 22.1 Å². The number of aryl methyl sites for hydroxylation is 1. The van der Waals surface area contributed by atoms with Crippen molar-refractivity contribution in [2.45, 2.75) is 26.7 Å². The summed E-state index contributed by atoms with van der Waals surface area (Å²) in [6.07, 6.45) is 0.235. The van der Waals surface area contributed by atoms with E-state index >= 15 is 0 Å². The first-order chi connectivity index (χ1) is 12.4. The number of nitrogens with zero attached hydrogens (tertiary/aromatic N) is 1.